The molecule has 0 aromatic heterocycles. The molecule has 1 N–H and O–H groups in total. The number of rotatable bonds is 4. The molecule has 1 aromatic carbocycles. The molecule has 2 atom stereocenters. The van der Waals surface area contributed by atoms with E-state index in [1.165, 1.54) is 6.07 Å². The van der Waals surface area contributed by atoms with Crippen molar-refractivity contribution in [3.63, 3.8) is 0 Å². The largest absolute Gasteiger partial charge is 0.312 e. The van der Waals surface area contributed by atoms with E-state index in [1.807, 2.05) is 0 Å². The van der Waals surface area contributed by atoms with E-state index >= 15 is 0 Å². The first kappa shape index (κ1) is 13.1. The van der Waals surface area contributed by atoms with Gasteiger partial charge in [-0.05, 0) is 43.9 Å². The molecule has 0 bridgehead atoms. The second-order valence-electron chi connectivity index (χ2n) is 4.61. The lowest BCUT2D eigenvalue weighted by Gasteiger charge is -2.12. The van der Waals surface area contributed by atoms with Crippen LogP contribution in [0.4, 0.5) is 4.39 Å². The fraction of sp³-hybridized carbons (Fsp3) is 0.538. The first-order chi connectivity index (χ1) is 8.16. The van der Waals surface area contributed by atoms with Gasteiger partial charge in [0, 0.05) is 22.5 Å². The van der Waals surface area contributed by atoms with E-state index in [0.29, 0.717) is 28.4 Å². The van der Waals surface area contributed by atoms with Crippen molar-refractivity contribution in [2.75, 3.05) is 6.54 Å². The third kappa shape index (κ3) is 3.57. The average Bonchev–Trinajstić information content (AvgIpc) is 2.69. The van der Waals surface area contributed by atoms with Crippen molar-refractivity contribution in [2.24, 2.45) is 5.92 Å². The quantitative estimate of drug-likeness (QED) is 0.820. The van der Waals surface area contributed by atoms with E-state index in [9.17, 15) is 4.39 Å². The molecule has 2 rings (SSSR count). The summed E-state index contributed by atoms with van der Waals surface area (Å²) in [6, 6.07) is 4.77. The maximum Gasteiger partial charge on any atom is 0.129 e. The molecule has 1 aliphatic carbocycles. The van der Waals surface area contributed by atoms with Crippen LogP contribution < -0.4 is 5.32 Å². The van der Waals surface area contributed by atoms with Gasteiger partial charge in [0.2, 0.25) is 0 Å². The third-order valence-electron chi connectivity index (χ3n) is 3.27. The third-order valence-corrected chi connectivity index (χ3v) is 4.02. The molecule has 2 unspecified atom stereocenters. The van der Waals surface area contributed by atoms with Gasteiger partial charge in [-0.1, -0.05) is 17.7 Å². The lowest BCUT2D eigenvalue weighted by atomic mass is 10.1. The Morgan fingerprint density at radius 3 is 2.82 bits per heavy atom. The van der Waals surface area contributed by atoms with Crippen LogP contribution in [0.1, 0.15) is 24.8 Å². The van der Waals surface area contributed by atoms with Gasteiger partial charge in [-0.15, -0.1) is 11.6 Å². The predicted octanol–water partition coefficient (Wildman–Crippen LogP) is 3.98. The molecule has 1 aromatic rings. The van der Waals surface area contributed by atoms with Gasteiger partial charge in [-0.25, -0.2) is 4.39 Å². The summed E-state index contributed by atoms with van der Waals surface area (Å²) >= 11 is 12.0. The molecule has 1 aliphatic rings. The van der Waals surface area contributed by atoms with E-state index in [4.69, 9.17) is 23.2 Å². The minimum Gasteiger partial charge on any atom is -0.312 e. The molecule has 1 saturated carbocycles. The van der Waals surface area contributed by atoms with E-state index in [0.717, 1.165) is 25.8 Å². The van der Waals surface area contributed by atoms with Crippen LogP contribution in [-0.2, 0) is 6.54 Å². The molecule has 0 saturated heterocycles. The van der Waals surface area contributed by atoms with Crippen molar-refractivity contribution in [3.8, 4) is 0 Å². The molecule has 0 aliphatic heterocycles. The maximum atomic E-state index is 13.5. The van der Waals surface area contributed by atoms with Gasteiger partial charge in [0.1, 0.15) is 5.82 Å². The normalized spacial score (nSPS) is 24.2. The predicted molar refractivity (Wildman–Crippen MR) is 70.1 cm³/mol. The number of hydrogen-bond acceptors (Lipinski definition) is 1. The van der Waals surface area contributed by atoms with Gasteiger partial charge in [-0.2, -0.15) is 0 Å². The van der Waals surface area contributed by atoms with Crippen molar-refractivity contribution in [1.82, 2.24) is 5.32 Å². The summed E-state index contributed by atoms with van der Waals surface area (Å²) in [4.78, 5) is 0. The van der Waals surface area contributed by atoms with Crippen LogP contribution in [0.25, 0.3) is 0 Å². The highest BCUT2D eigenvalue weighted by Crippen LogP contribution is 2.29. The molecule has 1 nitrogen and oxygen atoms in total. The zero-order valence-electron chi connectivity index (χ0n) is 9.56. The standard InChI is InChI=1S/C13H16Cl2FN/c14-10-5-4-9(6-10)7-17-8-11-12(15)2-1-3-13(11)16/h1-3,9-10,17H,4-8H2. The Morgan fingerprint density at radius 1 is 1.35 bits per heavy atom. The molecule has 0 heterocycles. The molecule has 1 fully saturated rings. The zero-order chi connectivity index (χ0) is 12.3. The zero-order valence-corrected chi connectivity index (χ0v) is 11.1. The highest BCUT2D eigenvalue weighted by Gasteiger charge is 2.22. The van der Waals surface area contributed by atoms with Crippen LogP contribution in [0.3, 0.4) is 0 Å². The van der Waals surface area contributed by atoms with Crippen LogP contribution in [0, 0.1) is 11.7 Å². The van der Waals surface area contributed by atoms with Crippen LogP contribution in [0.5, 0.6) is 0 Å². The molecule has 17 heavy (non-hydrogen) atoms. The number of nitrogens with one attached hydrogen (secondary N) is 1. The summed E-state index contributed by atoms with van der Waals surface area (Å²) in [5, 5.41) is 4.07. The molecule has 4 heteroatoms. The Hall–Kier alpha value is -0.310. The van der Waals surface area contributed by atoms with Crippen molar-refractivity contribution < 1.29 is 4.39 Å². The van der Waals surface area contributed by atoms with E-state index < -0.39 is 0 Å². The minimum absolute atomic E-state index is 0.244. The molecule has 0 spiro atoms. The number of halogens is 3. The van der Waals surface area contributed by atoms with Crippen LogP contribution >= 0.6 is 23.2 Å². The Balaban J connectivity index is 1.82. The first-order valence-corrected chi connectivity index (χ1v) is 6.76. The number of hydrogen-bond donors (Lipinski definition) is 1. The fourth-order valence-corrected chi connectivity index (χ4v) is 2.91. The van der Waals surface area contributed by atoms with E-state index in [-0.39, 0.29) is 5.82 Å². The smallest absolute Gasteiger partial charge is 0.129 e. The molecule has 0 radical (unpaired) electrons. The van der Waals surface area contributed by atoms with Gasteiger partial charge >= 0.3 is 0 Å². The second kappa shape index (κ2) is 6.03. The van der Waals surface area contributed by atoms with Gasteiger partial charge in [0.25, 0.3) is 0 Å². The summed E-state index contributed by atoms with van der Waals surface area (Å²) in [6.45, 7) is 1.36. The monoisotopic (exact) mass is 275 g/mol. The van der Waals surface area contributed by atoms with Crippen molar-refractivity contribution in [2.45, 2.75) is 31.2 Å². The molecular formula is C13H16Cl2FN. The van der Waals surface area contributed by atoms with Crippen molar-refractivity contribution >= 4 is 23.2 Å². The summed E-state index contributed by atoms with van der Waals surface area (Å²) in [5.41, 5.74) is 0.551. The van der Waals surface area contributed by atoms with E-state index in [1.54, 1.807) is 12.1 Å². The lowest BCUT2D eigenvalue weighted by Crippen LogP contribution is -2.21. The fourth-order valence-electron chi connectivity index (χ4n) is 2.30. The Kier molecular flexibility index (Phi) is 4.66. The minimum atomic E-state index is -0.244. The maximum absolute atomic E-state index is 13.5. The van der Waals surface area contributed by atoms with Gasteiger partial charge in [0.15, 0.2) is 0 Å². The lowest BCUT2D eigenvalue weighted by molar-refractivity contribution is 0.483. The summed E-state index contributed by atoms with van der Waals surface area (Å²) in [5.74, 6) is 0.370. The Bertz CT molecular complexity index is 363. The summed E-state index contributed by atoms with van der Waals surface area (Å²) < 4.78 is 13.5. The van der Waals surface area contributed by atoms with Crippen LogP contribution in [-0.4, -0.2) is 11.9 Å². The van der Waals surface area contributed by atoms with Gasteiger partial charge in [-0.3, -0.25) is 0 Å². The number of benzene rings is 1. The average molecular weight is 276 g/mol. The summed E-state index contributed by atoms with van der Waals surface area (Å²) in [6.07, 6.45) is 3.31. The number of alkyl halides is 1. The van der Waals surface area contributed by atoms with Gasteiger partial charge in [0.05, 0.1) is 0 Å². The van der Waals surface area contributed by atoms with Crippen LogP contribution in [0.15, 0.2) is 18.2 Å². The highest BCUT2D eigenvalue weighted by molar-refractivity contribution is 6.31. The van der Waals surface area contributed by atoms with Crippen molar-refractivity contribution in [1.29, 1.82) is 0 Å². The second-order valence-corrected chi connectivity index (χ2v) is 5.63. The first-order valence-electron chi connectivity index (χ1n) is 5.94. The molecule has 0 amide bonds. The SMILES string of the molecule is Fc1cccc(Cl)c1CNCC1CCC(Cl)C1. The van der Waals surface area contributed by atoms with Crippen molar-refractivity contribution in [3.05, 3.63) is 34.6 Å². The highest BCUT2D eigenvalue weighted by atomic mass is 35.5. The van der Waals surface area contributed by atoms with E-state index in [2.05, 4.69) is 5.32 Å². The van der Waals surface area contributed by atoms with Gasteiger partial charge < -0.3 is 5.32 Å². The molecular weight excluding hydrogens is 260 g/mol. The Morgan fingerprint density at radius 2 is 2.18 bits per heavy atom. The Labute approximate surface area is 111 Å². The van der Waals surface area contributed by atoms with Crippen LogP contribution in [0.2, 0.25) is 5.02 Å². The topological polar surface area (TPSA) is 12.0 Å². The molecule has 94 valence electrons. The summed E-state index contributed by atoms with van der Waals surface area (Å²) in [7, 11) is 0.